The van der Waals surface area contributed by atoms with Gasteiger partial charge in [0.25, 0.3) is 0 Å². The van der Waals surface area contributed by atoms with E-state index in [2.05, 4.69) is 18.2 Å². The molecule has 0 bridgehead atoms. The van der Waals surface area contributed by atoms with E-state index >= 15 is 0 Å². The molecule has 0 atom stereocenters. The number of benzene rings is 1. The second-order valence-corrected chi connectivity index (χ2v) is 8.22. The van der Waals surface area contributed by atoms with E-state index in [1.807, 2.05) is 32.7 Å². The van der Waals surface area contributed by atoms with Crippen molar-refractivity contribution >= 4 is 22.7 Å². The van der Waals surface area contributed by atoms with Crippen LogP contribution in [0.4, 0.5) is 0 Å². The highest BCUT2D eigenvalue weighted by Crippen LogP contribution is 2.41. The van der Waals surface area contributed by atoms with Gasteiger partial charge in [0, 0.05) is 63.4 Å². The zero-order valence-corrected chi connectivity index (χ0v) is 16.6. The highest BCUT2D eigenvalue weighted by Gasteiger charge is 2.45. The molecule has 0 radical (unpaired) electrons. The molecule has 4 rings (SSSR count). The van der Waals surface area contributed by atoms with Crippen molar-refractivity contribution in [1.29, 1.82) is 0 Å². The van der Waals surface area contributed by atoms with E-state index in [1.54, 1.807) is 7.11 Å². The van der Waals surface area contributed by atoms with Crippen LogP contribution in [0.2, 0.25) is 0 Å². The number of piperidine rings is 1. The lowest BCUT2D eigenvalue weighted by molar-refractivity contribution is -0.134. The fraction of sp³-hybridized carbons (Fsp3) is 0.545. The Bertz CT molecular complexity index is 852. The first kappa shape index (κ1) is 19.0. The summed E-state index contributed by atoms with van der Waals surface area (Å²) in [5, 5.41) is 1.16. The molecular formula is C22H29N3O3. The van der Waals surface area contributed by atoms with Gasteiger partial charge in [-0.1, -0.05) is 18.2 Å². The predicted octanol–water partition coefficient (Wildman–Crippen LogP) is 2.52. The maximum absolute atomic E-state index is 12.8. The SMILES string of the molecule is COCCCN1CC2(CCN(C(=O)Cn3ccc4ccccc43)CC2)CC1=O. The van der Waals surface area contributed by atoms with Crippen LogP contribution < -0.4 is 0 Å². The van der Waals surface area contributed by atoms with Gasteiger partial charge < -0.3 is 19.1 Å². The Kier molecular flexibility index (Phi) is 5.40. The molecule has 0 unspecified atom stereocenters. The maximum atomic E-state index is 12.8. The molecule has 2 aliphatic rings. The van der Waals surface area contributed by atoms with Gasteiger partial charge in [-0.3, -0.25) is 9.59 Å². The van der Waals surface area contributed by atoms with Gasteiger partial charge in [0.15, 0.2) is 0 Å². The molecule has 2 aromatic rings. The molecular weight excluding hydrogens is 354 g/mol. The van der Waals surface area contributed by atoms with E-state index in [1.165, 1.54) is 0 Å². The maximum Gasteiger partial charge on any atom is 0.242 e. The van der Waals surface area contributed by atoms with Crippen molar-refractivity contribution in [2.75, 3.05) is 39.9 Å². The van der Waals surface area contributed by atoms with Gasteiger partial charge in [-0.15, -0.1) is 0 Å². The Morgan fingerprint density at radius 3 is 2.75 bits per heavy atom. The molecule has 2 amide bonds. The van der Waals surface area contributed by atoms with Crippen LogP contribution in [0.1, 0.15) is 25.7 Å². The standard InChI is InChI=1S/C22H29N3O3/c1-28-14-4-10-25-17-22(15-20(25)26)8-12-23(13-9-22)21(27)16-24-11-7-18-5-2-3-6-19(18)24/h2-3,5-7,11H,4,8-10,12-17H2,1H3. The molecule has 2 saturated heterocycles. The van der Waals surface area contributed by atoms with E-state index in [9.17, 15) is 9.59 Å². The molecule has 6 nitrogen and oxygen atoms in total. The van der Waals surface area contributed by atoms with Gasteiger partial charge in [-0.2, -0.15) is 0 Å². The molecule has 0 N–H and O–H groups in total. The number of hydrogen-bond acceptors (Lipinski definition) is 3. The summed E-state index contributed by atoms with van der Waals surface area (Å²) in [4.78, 5) is 29.2. The number of amides is 2. The van der Waals surface area contributed by atoms with Gasteiger partial charge in [-0.05, 0) is 36.8 Å². The lowest BCUT2D eigenvalue weighted by atomic mass is 9.77. The highest BCUT2D eigenvalue weighted by molar-refractivity contribution is 5.83. The first-order valence-electron chi connectivity index (χ1n) is 10.2. The Balaban J connectivity index is 1.32. The molecule has 2 aliphatic heterocycles. The van der Waals surface area contributed by atoms with Crippen molar-refractivity contribution in [2.24, 2.45) is 5.41 Å². The molecule has 150 valence electrons. The number of carbonyl (C=O) groups is 2. The van der Waals surface area contributed by atoms with E-state index in [-0.39, 0.29) is 17.2 Å². The lowest BCUT2D eigenvalue weighted by Crippen LogP contribution is -2.45. The summed E-state index contributed by atoms with van der Waals surface area (Å²) in [6, 6.07) is 10.2. The minimum absolute atomic E-state index is 0.0566. The topological polar surface area (TPSA) is 54.8 Å². The normalized spacial score (nSPS) is 19.1. The molecule has 2 fully saturated rings. The number of rotatable bonds is 6. The van der Waals surface area contributed by atoms with Crippen LogP contribution >= 0.6 is 0 Å². The summed E-state index contributed by atoms with van der Waals surface area (Å²) in [6.07, 6.45) is 5.33. The fourth-order valence-corrected chi connectivity index (χ4v) is 4.67. The minimum atomic E-state index is 0.0566. The number of fused-ring (bicyclic) bond motifs is 1. The van der Waals surface area contributed by atoms with Gasteiger partial charge in [-0.25, -0.2) is 0 Å². The van der Waals surface area contributed by atoms with Crippen molar-refractivity contribution in [1.82, 2.24) is 14.4 Å². The molecule has 6 heteroatoms. The molecule has 1 spiro atoms. The highest BCUT2D eigenvalue weighted by atomic mass is 16.5. The quantitative estimate of drug-likeness (QED) is 0.721. The number of para-hydroxylation sites is 1. The van der Waals surface area contributed by atoms with Crippen molar-refractivity contribution in [3.63, 3.8) is 0 Å². The van der Waals surface area contributed by atoms with Crippen LogP contribution in [0, 0.1) is 5.41 Å². The third-order valence-electron chi connectivity index (χ3n) is 6.34. The summed E-state index contributed by atoms with van der Waals surface area (Å²) in [7, 11) is 1.69. The number of likely N-dealkylation sites (tertiary alicyclic amines) is 2. The van der Waals surface area contributed by atoms with Gasteiger partial charge >= 0.3 is 0 Å². The van der Waals surface area contributed by atoms with Crippen molar-refractivity contribution in [3.05, 3.63) is 36.5 Å². The van der Waals surface area contributed by atoms with E-state index < -0.39 is 0 Å². The monoisotopic (exact) mass is 383 g/mol. The van der Waals surface area contributed by atoms with E-state index in [4.69, 9.17) is 4.74 Å². The van der Waals surface area contributed by atoms with Crippen LogP contribution in [-0.4, -0.2) is 66.1 Å². The van der Waals surface area contributed by atoms with Crippen LogP contribution in [-0.2, 0) is 20.9 Å². The van der Waals surface area contributed by atoms with Gasteiger partial charge in [0.05, 0.1) is 0 Å². The molecule has 28 heavy (non-hydrogen) atoms. The van der Waals surface area contributed by atoms with Crippen LogP contribution in [0.5, 0.6) is 0 Å². The largest absolute Gasteiger partial charge is 0.385 e. The smallest absolute Gasteiger partial charge is 0.242 e. The Morgan fingerprint density at radius 2 is 1.96 bits per heavy atom. The second-order valence-electron chi connectivity index (χ2n) is 8.22. The van der Waals surface area contributed by atoms with Gasteiger partial charge in [0.1, 0.15) is 6.54 Å². The lowest BCUT2D eigenvalue weighted by Gasteiger charge is -2.39. The zero-order chi connectivity index (χ0) is 19.6. The number of methoxy groups -OCH3 is 1. The summed E-state index contributed by atoms with van der Waals surface area (Å²) >= 11 is 0. The molecule has 0 aliphatic carbocycles. The van der Waals surface area contributed by atoms with Crippen LogP contribution in [0.25, 0.3) is 10.9 Å². The van der Waals surface area contributed by atoms with Crippen molar-refractivity contribution in [2.45, 2.75) is 32.2 Å². The number of aromatic nitrogens is 1. The Hall–Kier alpha value is -2.34. The zero-order valence-electron chi connectivity index (χ0n) is 16.6. The number of hydrogen-bond donors (Lipinski definition) is 0. The summed E-state index contributed by atoms with van der Waals surface area (Å²) in [5.74, 6) is 0.423. The van der Waals surface area contributed by atoms with E-state index in [0.717, 1.165) is 56.3 Å². The van der Waals surface area contributed by atoms with Crippen molar-refractivity contribution in [3.8, 4) is 0 Å². The Morgan fingerprint density at radius 1 is 1.18 bits per heavy atom. The average Bonchev–Trinajstić information content (AvgIpc) is 3.24. The predicted molar refractivity (Wildman–Crippen MR) is 108 cm³/mol. The molecule has 3 heterocycles. The Labute approximate surface area is 166 Å². The first-order valence-corrected chi connectivity index (χ1v) is 10.2. The third kappa shape index (κ3) is 3.78. The first-order chi connectivity index (χ1) is 13.6. The average molecular weight is 383 g/mol. The summed E-state index contributed by atoms with van der Waals surface area (Å²) < 4.78 is 7.13. The number of nitrogens with zero attached hydrogens (tertiary/aromatic N) is 3. The van der Waals surface area contributed by atoms with E-state index in [0.29, 0.717) is 19.6 Å². The third-order valence-corrected chi connectivity index (χ3v) is 6.34. The van der Waals surface area contributed by atoms with Crippen molar-refractivity contribution < 1.29 is 14.3 Å². The molecule has 1 aromatic carbocycles. The second kappa shape index (κ2) is 7.95. The summed E-state index contributed by atoms with van der Waals surface area (Å²) in [5.41, 5.74) is 1.15. The van der Waals surface area contributed by atoms with Crippen LogP contribution in [0.15, 0.2) is 36.5 Å². The fourth-order valence-electron chi connectivity index (χ4n) is 4.67. The molecule has 1 aromatic heterocycles. The van der Waals surface area contributed by atoms with Gasteiger partial charge in [0.2, 0.25) is 11.8 Å². The summed E-state index contributed by atoms with van der Waals surface area (Å²) in [6.45, 7) is 4.17. The number of carbonyl (C=O) groups excluding carboxylic acids is 2. The van der Waals surface area contributed by atoms with Crippen LogP contribution in [0.3, 0.4) is 0 Å². The molecule has 0 saturated carbocycles. The minimum Gasteiger partial charge on any atom is -0.385 e. The number of ether oxygens (including phenoxy) is 1.